The van der Waals surface area contributed by atoms with Crippen molar-refractivity contribution in [3.8, 4) is 5.75 Å². The molecule has 3 heteroatoms. The quantitative estimate of drug-likeness (QED) is 0.791. The van der Waals surface area contributed by atoms with Crippen molar-refractivity contribution < 1.29 is 9.84 Å². The Balaban J connectivity index is 1.98. The fourth-order valence-corrected chi connectivity index (χ4v) is 2.20. The van der Waals surface area contributed by atoms with Gasteiger partial charge in [0.15, 0.2) is 0 Å². The first-order valence-corrected chi connectivity index (χ1v) is 7.69. The molecule has 1 atom stereocenters. The van der Waals surface area contributed by atoms with Gasteiger partial charge in [0.05, 0.1) is 0 Å². The summed E-state index contributed by atoms with van der Waals surface area (Å²) in [4.78, 5) is 0. The Bertz CT molecular complexity index is 588. The lowest BCUT2D eigenvalue weighted by Gasteiger charge is -2.24. The van der Waals surface area contributed by atoms with E-state index in [0.29, 0.717) is 11.4 Å². The summed E-state index contributed by atoms with van der Waals surface area (Å²) >= 11 is 0. The number of nitrogen functional groups attached to an aromatic ring is 1. The first kappa shape index (κ1) is 16.4. The molecule has 0 radical (unpaired) electrons. The Morgan fingerprint density at radius 2 is 1.64 bits per heavy atom. The number of aliphatic hydroxyl groups excluding tert-OH is 1. The molecule has 0 fully saturated rings. The number of ether oxygens (including phenoxy) is 1. The van der Waals surface area contributed by atoms with E-state index in [1.807, 2.05) is 12.1 Å². The number of aliphatic hydroxyl groups is 1. The second-order valence-corrected chi connectivity index (χ2v) is 6.26. The van der Waals surface area contributed by atoms with Crippen LogP contribution in [0.2, 0.25) is 0 Å². The highest BCUT2D eigenvalue weighted by molar-refractivity contribution is 5.41. The lowest BCUT2D eigenvalue weighted by molar-refractivity contribution is 0.108. The molecule has 0 saturated heterocycles. The zero-order valence-electron chi connectivity index (χ0n) is 13.5. The third-order valence-corrected chi connectivity index (χ3v) is 4.25. The van der Waals surface area contributed by atoms with E-state index in [2.05, 4.69) is 32.9 Å². The molecule has 2 rings (SSSR count). The molecule has 118 valence electrons. The summed E-state index contributed by atoms with van der Waals surface area (Å²) in [6, 6.07) is 15.3. The molecule has 0 aromatic heterocycles. The highest BCUT2D eigenvalue weighted by Crippen LogP contribution is 2.28. The predicted octanol–water partition coefficient (Wildman–Crippen LogP) is 4.07. The van der Waals surface area contributed by atoms with Crippen LogP contribution in [0.5, 0.6) is 5.75 Å². The first-order chi connectivity index (χ1) is 10.4. The molecule has 2 aromatic carbocycles. The van der Waals surface area contributed by atoms with E-state index in [4.69, 9.17) is 10.5 Å². The van der Waals surface area contributed by atoms with Crippen molar-refractivity contribution in [1.29, 1.82) is 0 Å². The maximum atomic E-state index is 10.2. The van der Waals surface area contributed by atoms with Gasteiger partial charge in [-0.1, -0.05) is 45.0 Å². The van der Waals surface area contributed by atoms with Gasteiger partial charge in [-0.05, 0) is 47.2 Å². The van der Waals surface area contributed by atoms with Crippen molar-refractivity contribution in [3.05, 3.63) is 59.7 Å². The van der Waals surface area contributed by atoms with Crippen LogP contribution < -0.4 is 10.5 Å². The largest absolute Gasteiger partial charge is 0.491 e. The topological polar surface area (TPSA) is 55.5 Å². The third kappa shape index (κ3) is 4.01. The average Bonchev–Trinajstić information content (AvgIpc) is 2.54. The number of rotatable bonds is 6. The molecule has 1 unspecified atom stereocenters. The highest BCUT2D eigenvalue weighted by atomic mass is 16.5. The molecule has 0 aliphatic heterocycles. The SMILES string of the molecule is CCC(C)(C)c1ccc(C(O)COc2ccc(N)cc2)cc1. The highest BCUT2D eigenvalue weighted by Gasteiger charge is 2.18. The Labute approximate surface area is 132 Å². The molecule has 0 heterocycles. The lowest BCUT2D eigenvalue weighted by Crippen LogP contribution is -2.16. The monoisotopic (exact) mass is 299 g/mol. The minimum absolute atomic E-state index is 0.157. The van der Waals surface area contributed by atoms with Crippen LogP contribution in [0.4, 0.5) is 5.69 Å². The lowest BCUT2D eigenvalue weighted by atomic mass is 9.82. The minimum atomic E-state index is -0.642. The van der Waals surface area contributed by atoms with Crippen molar-refractivity contribution in [2.24, 2.45) is 0 Å². The zero-order valence-corrected chi connectivity index (χ0v) is 13.5. The number of anilines is 1. The molecular weight excluding hydrogens is 274 g/mol. The minimum Gasteiger partial charge on any atom is -0.491 e. The first-order valence-electron chi connectivity index (χ1n) is 7.69. The molecule has 0 bridgehead atoms. The van der Waals surface area contributed by atoms with E-state index >= 15 is 0 Å². The summed E-state index contributed by atoms with van der Waals surface area (Å²) in [6.45, 7) is 6.86. The number of nitrogens with two attached hydrogens (primary N) is 1. The number of hydrogen-bond donors (Lipinski definition) is 2. The Morgan fingerprint density at radius 3 is 2.18 bits per heavy atom. The van der Waals surface area contributed by atoms with Gasteiger partial charge in [0.1, 0.15) is 18.5 Å². The number of hydrogen-bond acceptors (Lipinski definition) is 3. The molecule has 2 aromatic rings. The fourth-order valence-electron chi connectivity index (χ4n) is 2.20. The van der Waals surface area contributed by atoms with E-state index in [-0.39, 0.29) is 12.0 Å². The fraction of sp³-hybridized carbons (Fsp3) is 0.368. The third-order valence-electron chi connectivity index (χ3n) is 4.25. The zero-order chi connectivity index (χ0) is 16.2. The molecule has 3 nitrogen and oxygen atoms in total. The van der Waals surface area contributed by atoms with Crippen molar-refractivity contribution >= 4 is 5.69 Å². The summed E-state index contributed by atoms with van der Waals surface area (Å²) in [5.74, 6) is 0.706. The Kier molecular flexibility index (Phi) is 5.09. The molecule has 3 N–H and O–H groups in total. The summed E-state index contributed by atoms with van der Waals surface area (Å²) in [5.41, 5.74) is 8.63. The van der Waals surface area contributed by atoms with Crippen molar-refractivity contribution in [1.82, 2.24) is 0 Å². The van der Waals surface area contributed by atoms with Gasteiger partial charge < -0.3 is 15.6 Å². The predicted molar refractivity (Wildman–Crippen MR) is 91.1 cm³/mol. The van der Waals surface area contributed by atoms with Crippen LogP contribution in [0.1, 0.15) is 44.4 Å². The summed E-state index contributed by atoms with van der Waals surface area (Å²) in [5, 5.41) is 10.2. The average molecular weight is 299 g/mol. The molecule has 0 saturated carbocycles. The van der Waals surface area contributed by atoms with Gasteiger partial charge >= 0.3 is 0 Å². The van der Waals surface area contributed by atoms with E-state index in [1.54, 1.807) is 24.3 Å². The van der Waals surface area contributed by atoms with Gasteiger partial charge in [-0.25, -0.2) is 0 Å². The van der Waals surface area contributed by atoms with Crippen LogP contribution in [-0.4, -0.2) is 11.7 Å². The standard InChI is InChI=1S/C19H25NO2/c1-4-19(2,3)15-7-5-14(6-8-15)18(21)13-22-17-11-9-16(20)10-12-17/h5-12,18,21H,4,13,20H2,1-3H3. The van der Waals surface area contributed by atoms with Gasteiger partial charge in [0, 0.05) is 5.69 Å². The maximum absolute atomic E-state index is 10.2. The molecular formula is C19H25NO2. The maximum Gasteiger partial charge on any atom is 0.119 e. The molecule has 0 amide bonds. The smallest absolute Gasteiger partial charge is 0.119 e. The normalized spacial score (nSPS) is 12.9. The van der Waals surface area contributed by atoms with Gasteiger partial charge in [0.25, 0.3) is 0 Å². The molecule has 22 heavy (non-hydrogen) atoms. The van der Waals surface area contributed by atoms with Crippen LogP contribution in [0, 0.1) is 0 Å². The van der Waals surface area contributed by atoms with Gasteiger partial charge in [0.2, 0.25) is 0 Å². The van der Waals surface area contributed by atoms with Crippen LogP contribution >= 0.6 is 0 Å². The molecule has 0 aliphatic carbocycles. The van der Waals surface area contributed by atoms with E-state index in [1.165, 1.54) is 5.56 Å². The van der Waals surface area contributed by atoms with Gasteiger partial charge in [-0.3, -0.25) is 0 Å². The molecule has 0 aliphatic rings. The van der Waals surface area contributed by atoms with Gasteiger partial charge in [-0.15, -0.1) is 0 Å². The van der Waals surface area contributed by atoms with E-state index < -0.39 is 6.10 Å². The van der Waals surface area contributed by atoms with Crippen molar-refractivity contribution in [2.45, 2.75) is 38.7 Å². The molecule has 0 spiro atoms. The van der Waals surface area contributed by atoms with Crippen molar-refractivity contribution in [3.63, 3.8) is 0 Å². The van der Waals surface area contributed by atoms with Gasteiger partial charge in [-0.2, -0.15) is 0 Å². The second kappa shape index (κ2) is 6.84. The van der Waals surface area contributed by atoms with Crippen LogP contribution in [0.3, 0.4) is 0 Å². The summed E-state index contributed by atoms with van der Waals surface area (Å²) < 4.78 is 5.59. The summed E-state index contributed by atoms with van der Waals surface area (Å²) in [6.07, 6.45) is 0.436. The second-order valence-electron chi connectivity index (χ2n) is 6.26. The van der Waals surface area contributed by atoms with E-state index in [9.17, 15) is 5.11 Å². The van der Waals surface area contributed by atoms with Crippen LogP contribution in [0.15, 0.2) is 48.5 Å². The van der Waals surface area contributed by atoms with E-state index in [0.717, 1.165) is 12.0 Å². The van der Waals surface area contributed by atoms with Crippen molar-refractivity contribution in [2.75, 3.05) is 12.3 Å². The Morgan fingerprint density at radius 1 is 1.05 bits per heavy atom. The number of benzene rings is 2. The van der Waals surface area contributed by atoms with Crippen LogP contribution in [-0.2, 0) is 5.41 Å². The summed E-state index contributed by atoms with van der Waals surface area (Å²) in [7, 11) is 0. The Hall–Kier alpha value is -2.00. The van der Waals surface area contributed by atoms with Crippen LogP contribution in [0.25, 0.3) is 0 Å².